The second-order valence-electron chi connectivity index (χ2n) is 8.32. The Morgan fingerprint density at radius 1 is 1.00 bits per heavy atom. The molecule has 5 nitrogen and oxygen atoms in total. The Bertz CT molecular complexity index is 1150. The number of hydrogen-bond donors (Lipinski definition) is 2. The summed E-state index contributed by atoms with van der Waals surface area (Å²) in [6.45, 7) is 0.615. The van der Waals surface area contributed by atoms with Crippen molar-refractivity contribution in [3.63, 3.8) is 0 Å². The molecule has 8 heteroatoms. The van der Waals surface area contributed by atoms with Gasteiger partial charge in [-0.2, -0.15) is 0 Å². The van der Waals surface area contributed by atoms with E-state index in [1.165, 1.54) is 29.2 Å². The van der Waals surface area contributed by atoms with Crippen LogP contribution < -0.4 is 5.73 Å². The summed E-state index contributed by atoms with van der Waals surface area (Å²) in [4.78, 5) is 14.2. The van der Waals surface area contributed by atoms with E-state index in [2.05, 4.69) is 0 Å². The fourth-order valence-corrected chi connectivity index (χ4v) is 4.29. The summed E-state index contributed by atoms with van der Waals surface area (Å²) in [5.41, 5.74) is 6.54. The van der Waals surface area contributed by atoms with Gasteiger partial charge in [-0.25, -0.2) is 18.0 Å². The van der Waals surface area contributed by atoms with Crippen molar-refractivity contribution in [3.05, 3.63) is 95.3 Å². The van der Waals surface area contributed by atoms with E-state index in [9.17, 15) is 23.1 Å². The topological polar surface area (TPSA) is 75.8 Å². The molecule has 3 aromatic rings. The van der Waals surface area contributed by atoms with Crippen molar-refractivity contribution < 1.29 is 27.8 Å². The highest BCUT2D eigenvalue weighted by atomic mass is 19.1. The maximum Gasteiger partial charge on any atom is 0.413 e. The quantitative estimate of drug-likeness (QED) is 0.495. The Kier molecular flexibility index (Phi) is 6.90. The third-order valence-electron chi connectivity index (χ3n) is 6.17. The Hall–Kier alpha value is -3.36. The van der Waals surface area contributed by atoms with Crippen LogP contribution in [0, 0.1) is 17.5 Å². The van der Waals surface area contributed by atoms with Gasteiger partial charge in [0.1, 0.15) is 23.1 Å². The van der Waals surface area contributed by atoms with Crippen molar-refractivity contribution >= 4 is 6.09 Å². The van der Waals surface area contributed by atoms with E-state index in [0.29, 0.717) is 42.5 Å². The Morgan fingerprint density at radius 3 is 2.29 bits per heavy atom. The van der Waals surface area contributed by atoms with E-state index in [1.807, 2.05) is 0 Å². The van der Waals surface area contributed by atoms with Gasteiger partial charge in [0.2, 0.25) is 0 Å². The molecule has 3 N–H and O–H groups in total. The number of benzene rings is 3. The maximum absolute atomic E-state index is 14.1. The third-order valence-corrected chi connectivity index (χ3v) is 6.17. The van der Waals surface area contributed by atoms with Gasteiger partial charge in [-0.1, -0.05) is 36.4 Å². The number of halogens is 3. The molecule has 34 heavy (non-hydrogen) atoms. The minimum atomic E-state index is -1.28. The van der Waals surface area contributed by atoms with Gasteiger partial charge in [-0.05, 0) is 54.8 Å². The van der Waals surface area contributed by atoms with E-state index in [1.54, 1.807) is 36.4 Å². The number of cyclic esters (lactones) is 1. The molecular formula is C26H25F3N2O3. The van der Waals surface area contributed by atoms with Crippen LogP contribution in [0.15, 0.2) is 66.7 Å². The van der Waals surface area contributed by atoms with Crippen molar-refractivity contribution in [1.82, 2.24) is 4.90 Å². The number of amides is 1. The van der Waals surface area contributed by atoms with Crippen LogP contribution in [0.5, 0.6) is 0 Å². The van der Waals surface area contributed by atoms with Gasteiger partial charge in [0, 0.05) is 30.2 Å². The van der Waals surface area contributed by atoms with E-state index >= 15 is 0 Å². The lowest BCUT2D eigenvalue weighted by Gasteiger charge is -2.43. The molecule has 1 amide bonds. The van der Waals surface area contributed by atoms with Crippen molar-refractivity contribution in [3.8, 4) is 11.1 Å². The SMILES string of the molecule is NCCC[C@]1(c2ccc(F)cc2)CCN(C(O)c2ccc(-c3ccc(F)cc3F)cc2)C(=O)O1. The molecule has 1 fully saturated rings. The van der Waals surface area contributed by atoms with Crippen LogP contribution in [0.3, 0.4) is 0 Å². The lowest BCUT2D eigenvalue weighted by Crippen LogP contribution is -2.49. The lowest BCUT2D eigenvalue weighted by molar-refractivity contribution is -0.0977. The fourth-order valence-electron chi connectivity index (χ4n) is 4.29. The van der Waals surface area contributed by atoms with Crippen LogP contribution in [0.25, 0.3) is 11.1 Å². The van der Waals surface area contributed by atoms with Crippen molar-refractivity contribution in [1.29, 1.82) is 0 Å². The van der Waals surface area contributed by atoms with E-state index < -0.39 is 29.6 Å². The zero-order chi connectivity index (χ0) is 24.3. The summed E-state index contributed by atoms with van der Waals surface area (Å²) in [7, 11) is 0. The standard InChI is InChI=1S/C26H25F3N2O3/c27-20-8-6-19(7-9-20)26(12-1-14-30)13-15-31(25(33)34-26)24(32)18-4-2-17(3-5-18)22-11-10-21(28)16-23(22)29/h2-11,16,24,32H,1,12-15,30H2/t24?,26-/m1/s1. The summed E-state index contributed by atoms with van der Waals surface area (Å²) in [5.74, 6) is -1.75. The largest absolute Gasteiger partial charge is 0.438 e. The molecular weight excluding hydrogens is 445 g/mol. The van der Waals surface area contributed by atoms with Crippen LogP contribution >= 0.6 is 0 Å². The van der Waals surface area contributed by atoms with Crippen LogP contribution in [0.2, 0.25) is 0 Å². The van der Waals surface area contributed by atoms with Gasteiger partial charge in [0.05, 0.1) is 0 Å². The summed E-state index contributed by atoms with van der Waals surface area (Å²) >= 11 is 0. The van der Waals surface area contributed by atoms with Gasteiger partial charge in [0.15, 0.2) is 6.23 Å². The van der Waals surface area contributed by atoms with Crippen molar-refractivity contribution in [2.24, 2.45) is 5.73 Å². The fraction of sp³-hybridized carbons (Fsp3) is 0.269. The highest BCUT2D eigenvalue weighted by Crippen LogP contribution is 2.40. The highest BCUT2D eigenvalue weighted by Gasteiger charge is 2.43. The number of nitrogens with zero attached hydrogens (tertiary/aromatic N) is 1. The first-order valence-electron chi connectivity index (χ1n) is 11.0. The molecule has 0 spiro atoms. The first kappa shape index (κ1) is 23.8. The van der Waals surface area contributed by atoms with Crippen LogP contribution in [0.1, 0.15) is 36.6 Å². The average Bonchev–Trinajstić information content (AvgIpc) is 2.83. The molecule has 2 atom stereocenters. The molecule has 3 aromatic carbocycles. The molecule has 1 heterocycles. The smallest absolute Gasteiger partial charge is 0.413 e. The van der Waals surface area contributed by atoms with Crippen molar-refractivity contribution in [2.45, 2.75) is 31.1 Å². The first-order chi connectivity index (χ1) is 16.3. The Balaban J connectivity index is 1.52. The molecule has 0 saturated carbocycles. The highest BCUT2D eigenvalue weighted by molar-refractivity contribution is 5.70. The summed E-state index contributed by atoms with van der Waals surface area (Å²) in [5, 5.41) is 10.9. The zero-order valence-electron chi connectivity index (χ0n) is 18.4. The minimum Gasteiger partial charge on any atom is -0.438 e. The molecule has 0 aliphatic carbocycles. The predicted molar refractivity (Wildman–Crippen MR) is 121 cm³/mol. The monoisotopic (exact) mass is 470 g/mol. The van der Waals surface area contributed by atoms with Crippen LogP contribution in [0.4, 0.5) is 18.0 Å². The number of nitrogens with two attached hydrogens (primary N) is 1. The Labute approximate surface area is 195 Å². The number of aliphatic hydroxyl groups is 1. The lowest BCUT2D eigenvalue weighted by atomic mass is 9.84. The molecule has 0 radical (unpaired) electrons. The van der Waals surface area contributed by atoms with Crippen molar-refractivity contribution in [2.75, 3.05) is 13.1 Å². The normalized spacial score (nSPS) is 19.1. The number of rotatable bonds is 7. The Morgan fingerprint density at radius 2 is 1.68 bits per heavy atom. The number of carbonyl (C=O) groups excluding carboxylic acids is 1. The van der Waals surface area contributed by atoms with Gasteiger partial charge < -0.3 is 15.6 Å². The van der Waals surface area contributed by atoms with E-state index in [-0.39, 0.29) is 17.9 Å². The molecule has 4 rings (SSSR count). The first-order valence-corrected chi connectivity index (χ1v) is 11.0. The molecule has 1 saturated heterocycles. The van der Waals surface area contributed by atoms with Gasteiger partial charge in [-0.3, -0.25) is 4.90 Å². The summed E-state index contributed by atoms with van der Waals surface area (Å²) in [6.07, 6.45) is -0.508. The zero-order valence-corrected chi connectivity index (χ0v) is 18.4. The number of carbonyl (C=O) groups is 1. The third kappa shape index (κ3) is 4.78. The summed E-state index contributed by atoms with van der Waals surface area (Å²) < 4.78 is 46.5. The summed E-state index contributed by atoms with van der Waals surface area (Å²) in [6, 6.07) is 15.5. The van der Waals surface area contributed by atoms with Gasteiger partial charge >= 0.3 is 6.09 Å². The van der Waals surface area contributed by atoms with E-state index in [0.717, 1.165) is 6.07 Å². The molecule has 0 bridgehead atoms. The van der Waals surface area contributed by atoms with E-state index in [4.69, 9.17) is 10.5 Å². The maximum atomic E-state index is 14.1. The second kappa shape index (κ2) is 9.87. The second-order valence-corrected chi connectivity index (χ2v) is 8.32. The van der Waals surface area contributed by atoms with Gasteiger partial charge in [0.25, 0.3) is 0 Å². The minimum absolute atomic E-state index is 0.205. The van der Waals surface area contributed by atoms with Crippen LogP contribution in [-0.4, -0.2) is 29.2 Å². The average molecular weight is 470 g/mol. The number of ether oxygens (including phenoxy) is 1. The number of aliphatic hydroxyl groups excluding tert-OH is 1. The molecule has 1 aliphatic heterocycles. The molecule has 0 aromatic heterocycles. The number of hydrogen-bond acceptors (Lipinski definition) is 4. The van der Waals surface area contributed by atoms with Gasteiger partial charge in [-0.15, -0.1) is 0 Å². The molecule has 1 aliphatic rings. The van der Waals surface area contributed by atoms with Crippen LogP contribution in [-0.2, 0) is 10.3 Å². The predicted octanol–water partition coefficient (Wildman–Crippen LogP) is 5.24. The molecule has 1 unspecified atom stereocenters. The molecule has 178 valence electrons.